The molecule has 1 aliphatic rings. The standard InChI is InChI=1S/C15H22ClNO3/c1-4-18-8-13(10(2)3)17-7-11-5-12(16)15-14(6-11)19-9-20-15/h5-6,10,13,17H,4,7-9H2,1-3H3. The summed E-state index contributed by atoms with van der Waals surface area (Å²) in [6, 6.07) is 4.21. The Morgan fingerprint density at radius 1 is 1.35 bits per heavy atom. The van der Waals surface area contributed by atoms with Crippen molar-refractivity contribution in [2.45, 2.75) is 33.4 Å². The second kappa shape index (κ2) is 7.16. The van der Waals surface area contributed by atoms with Crippen molar-refractivity contribution in [1.29, 1.82) is 0 Å². The van der Waals surface area contributed by atoms with Crippen LogP contribution in [0, 0.1) is 5.92 Å². The molecular weight excluding hydrogens is 278 g/mol. The molecule has 0 aromatic heterocycles. The van der Waals surface area contributed by atoms with E-state index in [0.29, 0.717) is 29.3 Å². The summed E-state index contributed by atoms with van der Waals surface area (Å²) in [6.45, 7) is 8.80. The van der Waals surface area contributed by atoms with E-state index in [1.807, 2.05) is 19.1 Å². The zero-order chi connectivity index (χ0) is 14.5. The molecule has 1 heterocycles. The molecule has 1 N–H and O–H groups in total. The van der Waals surface area contributed by atoms with Gasteiger partial charge in [-0.3, -0.25) is 0 Å². The van der Waals surface area contributed by atoms with Gasteiger partial charge in [0.15, 0.2) is 11.5 Å². The molecule has 0 saturated heterocycles. The largest absolute Gasteiger partial charge is 0.454 e. The highest BCUT2D eigenvalue weighted by Crippen LogP contribution is 2.39. The zero-order valence-corrected chi connectivity index (χ0v) is 13.0. The van der Waals surface area contributed by atoms with Gasteiger partial charge in [0.1, 0.15) is 0 Å². The van der Waals surface area contributed by atoms with Gasteiger partial charge in [-0.05, 0) is 30.5 Å². The molecule has 20 heavy (non-hydrogen) atoms. The summed E-state index contributed by atoms with van der Waals surface area (Å²) in [7, 11) is 0. The second-order valence-electron chi connectivity index (χ2n) is 5.20. The van der Waals surface area contributed by atoms with Crippen LogP contribution in [0.2, 0.25) is 5.02 Å². The minimum absolute atomic E-state index is 0.241. The average Bonchev–Trinajstić information content (AvgIpc) is 2.87. The molecule has 0 bridgehead atoms. The Bertz CT molecular complexity index is 451. The maximum atomic E-state index is 6.18. The Hall–Kier alpha value is -0.970. The zero-order valence-electron chi connectivity index (χ0n) is 12.2. The summed E-state index contributed by atoms with van der Waals surface area (Å²) < 4.78 is 16.2. The van der Waals surface area contributed by atoms with E-state index in [1.54, 1.807) is 0 Å². The Morgan fingerprint density at radius 3 is 2.85 bits per heavy atom. The lowest BCUT2D eigenvalue weighted by molar-refractivity contribution is 0.108. The van der Waals surface area contributed by atoms with Gasteiger partial charge >= 0.3 is 0 Å². The molecule has 2 rings (SSSR count). The van der Waals surface area contributed by atoms with E-state index in [2.05, 4.69) is 19.2 Å². The van der Waals surface area contributed by atoms with E-state index < -0.39 is 0 Å². The summed E-state index contributed by atoms with van der Waals surface area (Å²) in [4.78, 5) is 0. The normalized spacial score (nSPS) is 14.8. The number of hydrogen-bond donors (Lipinski definition) is 1. The Balaban J connectivity index is 1.97. The third-order valence-corrected chi connectivity index (χ3v) is 3.64. The molecule has 0 saturated carbocycles. The fraction of sp³-hybridized carbons (Fsp3) is 0.600. The van der Waals surface area contributed by atoms with E-state index in [0.717, 1.165) is 24.5 Å². The molecule has 0 spiro atoms. The van der Waals surface area contributed by atoms with Gasteiger partial charge in [0.2, 0.25) is 6.79 Å². The van der Waals surface area contributed by atoms with E-state index in [9.17, 15) is 0 Å². The van der Waals surface area contributed by atoms with Gasteiger partial charge in [0.05, 0.1) is 11.6 Å². The van der Waals surface area contributed by atoms with E-state index in [-0.39, 0.29) is 6.79 Å². The number of hydrogen-bond acceptors (Lipinski definition) is 4. The number of nitrogens with one attached hydrogen (secondary N) is 1. The summed E-state index contributed by atoms with van der Waals surface area (Å²) in [5.74, 6) is 1.87. The van der Waals surface area contributed by atoms with E-state index >= 15 is 0 Å². The second-order valence-corrected chi connectivity index (χ2v) is 5.61. The van der Waals surface area contributed by atoms with E-state index in [4.69, 9.17) is 25.8 Å². The van der Waals surface area contributed by atoms with Gasteiger partial charge in [0, 0.05) is 19.2 Å². The van der Waals surface area contributed by atoms with Gasteiger partial charge in [-0.2, -0.15) is 0 Å². The predicted octanol–water partition coefficient (Wildman–Crippen LogP) is 3.22. The Kier molecular flexibility index (Phi) is 5.52. The van der Waals surface area contributed by atoms with Gasteiger partial charge in [-0.25, -0.2) is 0 Å². The van der Waals surface area contributed by atoms with Crippen LogP contribution in [0.4, 0.5) is 0 Å². The molecular formula is C15H22ClNO3. The van der Waals surface area contributed by atoms with Crippen LogP contribution in [0.5, 0.6) is 11.5 Å². The number of ether oxygens (including phenoxy) is 3. The highest BCUT2D eigenvalue weighted by Gasteiger charge is 2.19. The molecule has 112 valence electrons. The lowest BCUT2D eigenvalue weighted by atomic mass is 10.0. The molecule has 1 aliphatic heterocycles. The third-order valence-electron chi connectivity index (χ3n) is 3.36. The van der Waals surface area contributed by atoms with Crippen molar-refractivity contribution in [3.8, 4) is 11.5 Å². The van der Waals surface area contributed by atoms with Crippen molar-refractivity contribution in [1.82, 2.24) is 5.32 Å². The molecule has 0 fully saturated rings. The van der Waals surface area contributed by atoms with Crippen molar-refractivity contribution < 1.29 is 14.2 Å². The van der Waals surface area contributed by atoms with Gasteiger partial charge in [0.25, 0.3) is 0 Å². The smallest absolute Gasteiger partial charge is 0.231 e. The number of fused-ring (bicyclic) bond motifs is 1. The molecule has 1 aromatic carbocycles. The minimum Gasteiger partial charge on any atom is -0.454 e. The Labute approximate surface area is 125 Å². The predicted molar refractivity (Wildman–Crippen MR) is 79.5 cm³/mol. The molecule has 0 radical (unpaired) electrons. The lowest BCUT2D eigenvalue weighted by Gasteiger charge is -2.22. The van der Waals surface area contributed by atoms with Crippen LogP contribution in [0.15, 0.2) is 12.1 Å². The Morgan fingerprint density at radius 2 is 2.15 bits per heavy atom. The first-order chi connectivity index (χ1) is 9.61. The first-order valence-electron chi connectivity index (χ1n) is 7.01. The number of rotatable bonds is 7. The van der Waals surface area contributed by atoms with Crippen LogP contribution in [0.25, 0.3) is 0 Å². The highest BCUT2D eigenvalue weighted by atomic mass is 35.5. The first-order valence-corrected chi connectivity index (χ1v) is 7.38. The fourth-order valence-corrected chi connectivity index (χ4v) is 2.39. The third kappa shape index (κ3) is 3.78. The molecule has 0 aliphatic carbocycles. The molecule has 1 unspecified atom stereocenters. The van der Waals surface area contributed by atoms with Crippen LogP contribution in [-0.2, 0) is 11.3 Å². The summed E-state index contributed by atoms with van der Waals surface area (Å²) >= 11 is 6.18. The monoisotopic (exact) mass is 299 g/mol. The number of benzene rings is 1. The molecule has 4 nitrogen and oxygen atoms in total. The first kappa shape index (κ1) is 15.4. The lowest BCUT2D eigenvalue weighted by Crippen LogP contribution is -2.37. The van der Waals surface area contributed by atoms with Crippen LogP contribution in [0.3, 0.4) is 0 Å². The summed E-state index contributed by atoms with van der Waals surface area (Å²) in [6.07, 6.45) is 0. The van der Waals surface area contributed by atoms with E-state index in [1.165, 1.54) is 0 Å². The summed E-state index contributed by atoms with van der Waals surface area (Å²) in [5.41, 5.74) is 1.08. The van der Waals surface area contributed by atoms with Crippen LogP contribution >= 0.6 is 11.6 Å². The number of halogens is 1. The SMILES string of the molecule is CCOCC(NCc1cc(Cl)c2c(c1)OCO2)C(C)C. The van der Waals surface area contributed by atoms with Crippen molar-refractivity contribution in [2.75, 3.05) is 20.0 Å². The molecule has 0 amide bonds. The maximum Gasteiger partial charge on any atom is 0.231 e. The molecule has 5 heteroatoms. The van der Waals surface area contributed by atoms with Gasteiger partial charge in [-0.15, -0.1) is 0 Å². The highest BCUT2D eigenvalue weighted by molar-refractivity contribution is 6.32. The van der Waals surface area contributed by atoms with Crippen molar-refractivity contribution in [3.05, 3.63) is 22.7 Å². The average molecular weight is 300 g/mol. The fourth-order valence-electron chi connectivity index (χ4n) is 2.10. The minimum atomic E-state index is 0.241. The van der Waals surface area contributed by atoms with Gasteiger partial charge < -0.3 is 19.5 Å². The van der Waals surface area contributed by atoms with Crippen molar-refractivity contribution in [2.24, 2.45) is 5.92 Å². The van der Waals surface area contributed by atoms with Crippen LogP contribution in [-0.4, -0.2) is 26.0 Å². The quantitative estimate of drug-likeness (QED) is 0.839. The maximum absolute atomic E-state index is 6.18. The molecule has 1 aromatic rings. The molecule has 1 atom stereocenters. The topological polar surface area (TPSA) is 39.7 Å². The van der Waals surface area contributed by atoms with Gasteiger partial charge in [-0.1, -0.05) is 25.4 Å². The van der Waals surface area contributed by atoms with Crippen molar-refractivity contribution >= 4 is 11.6 Å². The summed E-state index contributed by atoms with van der Waals surface area (Å²) in [5, 5.41) is 4.11. The van der Waals surface area contributed by atoms with Crippen molar-refractivity contribution in [3.63, 3.8) is 0 Å². The van der Waals surface area contributed by atoms with Crippen LogP contribution < -0.4 is 14.8 Å². The van der Waals surface area contributed by atoms with Crippen LogP contribution in [0.1, 0.15) is 26.3 Å².